The Morgan fingerprint density at radius 1 is 1.47 bits per heavy atom. The summed E-state index contributed by atoms with van der Waals surface area (Å²) in [5.41, 5.74) is -0.703. The van der Waals surface area contributed by atoms with Gasteiger partial charge in [0.25, 0.3) is 0 Å². The molecule has 0 saturated carbocycles. The monoisotopic (exact) mass is 246 g/mol. The number of alkyl halides is 3. The lowest BCUT2D eigenvalue weighted by Crippen LogP contribution is -2.32. The van der Waals surface area contributed by atoms with Crippen LogP contribution in [0.1, 0.15) is 18.4 Å². The van der Waals surface area contributed by atoms with Crippen LogP contribution in [0.3, 0.4) is 0 Å². The number of aliphatic hydroxyl groups excluding tert-OH is 1. The summed E-state index contributed by atoms with van der Waals surface area (Å²) in [4.78, 5) is 5.68. The minimum atomic E-state index is -4.36. The first kappa shape index (κ1) is 12.2. The number of hydrogen-bond acceptors (Lipinski definition) is 3. The van der Waals surface area contributed by atoms with Gasteiger partial charge in [-0.3, -0.25) is 0 Å². The van der Waals surface area contributed by atoms with Gasteiger partial charge >= 0.3 is 6.18 Å². The van der Waals surface area contributed by atoms with Crippen LogP contribution in [-0.4, -0.2) is 29.3 Å². The van der Waals surface area contributed by atoms with E-state index in [9.17, 15) is 13.2 Å². The lowest BCUT2D eigenvalue weighted by molar-refractivity contribution is -0.137. The summed E-state index contributed by atoms with van der Waals surface area (Å²) in [6, 6.07) is 1.87. The number of rotatable bonds is 2. The maximum atomic E-state index is 12.5. The molecule has 1 aliphatic heterocycles. The van der Waals surface area contributed by atoms with E-state index in [4.69, 9.17) is 5.11 Å². The zero-order chi connectivity index (χ0) is 12.5. The quantitative estimate of drug-likeness (QED) is 0.867. The van der Waals surface area contributed by atoms with Gasteiger partial charge in [0.05, 0.1) is 18.2 Å². The Morgan fingerprint density at radius 2 is 2.24 bits per heavy atom. The van der Waals surface area contributed by atoms with Crippen LogP contribution in [0.25, 0.3) is 0 Å². The molecule has 2 heterocycles. The molecular formula is C11H13F3N2O. The molecule has 1 atom stereocenters. The lowest BCUT2D eigenvalue weighted by Gasteiger charge is -2.24. The van der Waals surface area contributed by atoms with Crippen molar-refractivity contribution in [2.45, 2.75) is 25.1 Å². The number of halogens is 3. The van der Waals surface area contributed by atoms with Gasteiger partial charge in [0.15, 0.2) is 0 Å². The summed E-state index contributed by atoms with van der Waals surface area (Å²) < 4.78 is 37.6. The highest BCUT2D eigenvalue weighted by Crippen LogP contribution is 2.32. The zero-order valence-electron chi connectivity index (χ0n) is 9.11. The minimum absolute atomic E-state index is 0.0576. The molecule has 1 aliphatic rings. The van der Waals surface area contributed by atoms with Gasteiger partial charge < -0.3 is 10.0 Å². The average molecular weight is 246 g/mol. The van der Waals surface area contributed by atoms with Crippen LogP contribution in [0.4, 0.5) is 19.0 Å². The van der Waals surface area contributed by atoms with E-state index in [1.165, 1.54) is 0 Å². The molecule has 6 heteroatoms. The topological polar surface area (TPSA) is 36.4 Å². The normalized spacial score (nSPS) is 20.9. The summed E-state index contributed by atoms with van der Waals surface area (Å²) >= 11 is 0. The maximum Gasteiger partial charge on any atom is 0.416 e. The van der Waals surface area contributed by atoms with Gasteiger partial charge in [0, 0.05) is 12.7 Å². The number of anilines is 1. The molecule has 3 nitrogen and oxygen atoms in total. The average Bonchev–Trinajstić information content (AvgIpc) is 2.76. The van der Waals surface area contributed by atoms with Crippen LogP contribution < -0.4 is 4.90 Å². The molecule has 1 fully saturated rings. The van der Waals surface area contributed by atoms with Crippen LogP contribution in [0.15, 0.2) is 18.3 Å². The molecule has 0 aromatic carbocycles. The number of nitrogens with zero attached hydrogens (tertiary/aromatic N) is 2. The Bertz CT molecular complexity index is 395. The van der Waals surface area contributed by atoms with Gasteiger partial charge in [-0.05, 0) is 25.0 Å². The second kappa shape index (κ2) is 4.52. The highest BCUT2D eigenvalue weighted by Gasteiger charge is 2.32. The third kappa shape index (κ3) is 2.52. The number of aromatic nitrogens is 1. The molecule has 0 amide bonds. The van der Waals surface area contributed by atoms with Crippen molar-refractivity contribution in [1.82, 2.24) is 4.98 Å². The third-order valence-electron chi connectivity index (χ3n) is 2.95. The first-order valence-electron chi connectivity index (χ1n) is 5.43. The standard InChI is InChI=1S/C11H13F3N2O/c12-11(13,14)8-3-4-15-10(6-8)16-5-1-2-9(16)7-17/h3-4,6,9,17H,1-2,5,7H2/t9-/m1/s1. The van der Waals surface area contributed by atoms with E-state index in [0.717, 1.165) is 31.2 Å². The summed E-state index contributed by atoms with van der Waals surface area (Å²) in [6.07, 6.45) is -1.55. The molecule has 1 aromatic heterocycles. The second-order valence-electron chi connectivity index (χ2n) is 4.07. The molecule has 0 radical (unpaired) electrons. The second-order valence-corrected chi connectivity index (χ2v) is 4.07. The molecule has 1 saturated heterocycles. The van der Waals surface area contributed by atoms with E-state index in [1.54, 1.807) is 4.90 Å². The van der Waals surface area contributed by atoms with E-state index < -0.39 is 11.7 Å². The number of aliphatic hydroxyl groups is 1. The predicted octanol–water partition coefficient (Wildman–Crippen LogP) is 2.06. The van der Waals surface area contributed by atoms with Gasteiger partial charge in [-0.15, -0.1) is 0 Å². The fraction of sp³-hybridized carbons (Fsp3) is 0.545. The van der Waals surface area contributed by atoms with Gasteiger partial charge in [0.1, 0.15) is 5.82 Å². The fourth-order valence-corrected chi connectivity index (χ4v) is 2.08. The van der Waals surface area contributed by atoms with Crippen molar-refractivity contribution in [2.75, 3.05) is 18.1 Å². The summed E-state index contributed by atoms with van der Waals surface area (Å²) in [6.45, 7) is 0.581. The molecular weight excluding hydrogens is 233 g/mol. The van der Waals surface area contributed by atoms with Crippen molar-refractivity contribution in [3.8, 4) is 0 Å². The number of hydrogen-bond donors (Lipinski definition) is 1. The minimum Gasteiger partial charge on any atom is -0.394 e. The molecule has 0 unspecified atom stereocenters. The van der Waals surface area contributed by atoms with Gasteiger partial charge in [-0.25, -0.2) is 4.98 Å². The first-order chi connectivity index (χ1) is 8.02. The summed E-state index contributed by atoms with van der Waals surface area (Å²) in [5, 5.41) is 9.14. The molecule has 0 spiro atoms. The largest absolute Gasteiger partial charge is 0.416 e. The molecule has 1 N–H and O–H groups in total. The maximum absolute atomic E-state index is 12.5. The molecule has 17 heavy (non-hydrogen) atoms. The first-order valence-corrected chi connectivity index (χ1v) is 5.43. The van der Waals surface area contributed by atoms with Crippen molar-refractivity contribution in [3.63, 3.8) is 0 Å². The van der Waals surface area contributed by atoms with Crippen molar-refractivity contribution in [3.05, 3.63) is 23.9 Å². The molecule has 94 valence electrons. The molecule has 2 rings (SSSR count). The highest BCUT2D eigenvalue weighted by atomic mass is 19.4. The summed E-state index contributed by atoms with van der Waals surface area (Å²) in [7, 11) is 0. The van der Waals surface area contributed by atoms with E-state index in [2.05, 4.69) is 4.98 Å². The van der Waals surface area contributed by atoms with Gasteiger partial charge in [-0.1, -0.05) is 0 Å². The van der Waals surface area contributed by atoms with Crippen LogP contribution in [0, 0.1) is 0 Å². The van der Waals surface area contributed by atoms with Gasteiger partial charge in [0.2, 0.25) is 0 Å². The van der Waals surface area contributed by atoms with Crippen LogP contribution >= 0.6 is 0 Å². The predicted molar refractivity (Wildman–Crippen MR) is 56.7 cm³/mol. The Balaban J connectivity index is 2.27. The van der Waals surface area contributed by atoms with E-state index in [-0.39, 0.29) is 18.5 Å². The van der Waals surface area contributed by atoms with Gasteiger partial charge in [-0.2, -0.15) is 13.2 Å². The highest BCUT2D eigenvalue weighted by molar-refractivity contribution is 5.44. The van der Waals surface area contributed by atoms with Crippen molar-refractivity contribution < 1.29 is 18.3 Å². The Morgan fingerprint density at radius 3 is 2.88 bits per heavy atom. The van der Waals surface area contributed by atoms with Crippen LogP contribution in [0.5, 0.6) is 0 Å². The molecule has 0 bridgehead atoms. The smallest absolute Gasteiger partial charge is 0.394 e. The number of pyridine rings is 1. The SMILES string of the molecule is OC[C@H]1CCCN1c1cc(C(F)(F)F)ccn1. The fourth-order valence-electron chi connectivity index (χ4n) is 2.08. The van der Waals surface area contributed by atoms with Crippen molar-refractivity contribution >= 4 is 5.82 Å². The Labute approximate surface area is 96.9 Å². The Kier molecular flexibility index (Phi) is 3.24. The molecule has 1 aromatic rings. The van der Waals surface area contributed by atoms with Crippen molar-refractivity contribution in [2.24, 2.45) is 0 Å². The van der Waals surface area contributed by atoms with E-state index in [1.807, 2.05) is 0 Å². The Hall–Kier alpha value is -1.30. The third-order valence-corrected chi connectivity index (χ3v) is 2.95. The van der Waals surface area contributed by atoms with Crippen LogP contribution in [0.2, 0.25) is 0 Å². The van der Waals surface area contributed by atoms with E-state index in [0.29, 0.717) is 6.54 Å². The zero-order valence-corrected chi connectivity index (χ0v) is 9.11. The lowest BCUT2D eigenvalue weighted by atomic mass is 10.2. The molecule has 0 aliphatic carbocycles. The van der Waals surface area contributed by atoms with Crippen molar-refractivity contribution in [1.29, 1.82) is 0 Å². The van der Waals surface area contributed by atoms with Crippen LogP contribution in [-0.2, 0) is 6.18 Å². The summed E-state index contributed by atoms with van der Waals surface area (Å²) in [5.74, 6) is 0.288. The van der Waals surface area contributed by atoms with E-state index >= 15 is 0 Å².